The number of hydrogen-bond acceptors (Lipinski definition) is 4. The van der Waals surface area contributed by atoms with Crippen LogP contribution < -0.4 is 5.32 Å². The van der Waals surface area contributed by atoms with Crippen LogP contribution in [0.4, 0.5) is 0 Å². The zero-order valence-electron chi connectivity index (χ0n) is 8.36. The van der Waals surface area contributed by atoms with Gasteiger partial charge in [0.1, 0.15) is 0 Å². The molecule has 0 saturated carbocycles. The third-order valence-corrected chi connectivity index (χ3v) is 2.30. The quantitative estimate of drug-likeness (QED) is 0.601. The van der Waals surface area contributed by atoms with Crippen molar-refractivity contribution in [3.8, 4) is 0 Å². The van der Waals surface area contributed by atoms with Crippen LogP contribution in [0.15, 0.2) is 0 Å². The van der Waals surface area contributed by atoms with Gasteiger partial charge in [-0.25, -0.2) is 0 Å². The first-order valence-corrected chi connectivity index (χ1v) is 4.78. The van der Waals surface area contributed by atoms with E-state index in [0.717, 1.165) is 6.54 Å². The molecule has 0 spiro atoms. The Hall–Kier alpha value is -0.650. The molecule has 5 nitrogen and oxygen atoms in total. The van der Waals surface area contributed by atoms with Crippen molar-refractivity contribution in [2.75, 3.05) is 33.4 Å². The molecule has 1 aliphatic heterocycles. The summed E-state index contributed by atoms with van der Waals surface area (Å²) in [5.41, 5.74) is 0. The summed E-state index contributed by atoms with van der Waals surface area (Å²) < 4.78 is 10.3. The van der Waals surface area contributed by atoms with E-state index in [-0.39, 0.29) is 12.0 Å². The molecule has 5 heteroatoms. The van der Waals surface area contributed by atoms with E-state index >= 15 is 0 Å². The lowest BCUT2D eigenvalue weighted by Crippen LogP contribution is -2.43. The molecule has 0 aromatic rings. The van der Waals surface area contributed by atoms with Gasteiger partial charge in [-0.3, -0.25) is 4.79 Å². The first-order chi connectivity index (χ1) is 6.74. The molecule has 0 aliphatic carbocycles. The van der Waals surface area contributed by atoms with Crippen molar-refractivity contribution in [1.82, 2.24) is 5.32 Å². The van der Waals surface area contributed by atoms with E-state index in [1.54, 1.807) is 7.11 Å². The first kappa shape index (κ1) is 11.4. The fraction of sp³-hybridized carbons (Fsp3) is 0.889. The number of methoxy groups -OCH3 is 1. The predicted molar refractivity (Wildman–Crippen MR) is 50.2 cm³/mol. The van der Waals surface area contributed by atoms with Gasteiger partial charge in [0, 0.05) is 20.2 Å². The molecule has 1 fully saturated rings. The molecular weight excluding hydrogens is 186 g/mol. The highest BCUT2D eigenvalue weighted by Crippen LogP contribution is 2.13. The molecule has 0 bridgehead atoms. The number of ether oxygens (including phenoxy) is 2. The van der Waals surface area contributed by atoms with Crippen LogP contribution in [0.25, 0.3) is 0 Å². The standard InChI is InChI=1S/C9H17NO4/c1-13-2-3-14-8-4-7(9(11)12)5-10-6-8/h7-8,10H,2-6H2,1H3,(H,11,12). The van der Waals surface area contributed by atoms with Gasteiger partial charge in [-0.2, -0.15) is 0 Å². The van der Waals surface area contributed by atoms with Crippen molar-refractivity contribution in [2.45, 2.75) is 12.5 Å². The minimum Gasteiger partial charge on any atom is -0.481 e. The summed E-state index contributed by atoms with van der Waals surface area (Å²) in [6.07, 6.45) is 0.589. The summed E-state index contributed by atoms with van der Waals surface area (Å²) >= 11 is 0. The fourth-order valence-corrected chi connectivity index (χ4v) is 1.52. The van der Waals surface area contributed by atoms with E-state index in [4.69, 9.17) is 14.6 Å². The maximum absolute atomic E-state index is 10.7. The van der Waals surface area contributed by atoms with Crippen LogP contribution in [0.5, 0.6) is 0 Å². The number of carboxylic acid groups (broad SMARTS) is 1. The van der Waals surface area contributed by atoms with Crippen LogP contribution in [-0.4, -0.2) is 50.6 Å². The number of hydrogen-bond donors (Lipinski definition) is 2. The Bertz CT molecular complexity index is 186. The first-order valence-electron chi connectivity index (χ1n) is 4.78. The summed E-state index contributed by atoms with van der Waals surface area (Å²) in [5.74, 6) is -1.08. The molecule has 2 atom stereocenters. The van der Waals surface area contributed by atoms with E-state index in [0.29, 0.717) is 26.2 Å². The predicted octanol–water partition coefficient (Wildman–Crippen LogP) is -0.288. The molecule has 1 rings (SSSR count). The topological polar surface area (TPSA) is 67.8 Å². The van der Waals surface area contributed by atoms with E-state index in [2.05, 4.69) is 5.32 Å². The van der Waals surface area contributed by atoms with E-state index in [9.17, 15) is 4.79 Å². The zero-order chi connectivity index (χ0) is 10.4. The Morgan fingerprint density at radius 2 is 2.29 bits per heavy atom. The summed E-state index contributed by atoms with van der Waals surface area (Å²) in [6.45, 7) is 2.34. The lowest BCUT2D eigenvalue weighted by molar-refractivity contribution is -0.144. The van der Waals surface area contributed by atoms with Crippen LogP contribution in [0.3, 0.4) is 0 Å². The van der Waals surface area contributed by atoms with Gasteiger partial charge in [-0.05, 0) is 6.42 Å². The summed E-state index contributed by atoms with van der Waals surface area (Å²) in [6, 6.07) is 0. The van der Waals surface area contributed by atoms with Crippen LogP contribution in [0.2, 0.25) is 0 Å². The third-order valence-electron chi connectivity index (χ3n) is 2.30. The average molecular weight is 203 g/mol. The SMILES string of the molecule is COCCOC1CNCC(C(=O)O)C1. The van der Waals surface area contributed by atoms with Crippen molar-refractivity contribution in [3.05, 3.63) is 0 Å². The Balaban J connectivity index is 2.22. The molecule has 0 radical (unpaired) electrons. The van der Waals surface area contributed by atoms with Gasteiger partial charge < -0.3 is 19.9 Å². The normalized spacial score (nSPS) is 27.5. The lowest BCUT2D eigenvalue weighted by atomic mass is 9.98. The van der Waals surface area contributed by atoms with Crippen LogP contribution in [-0.2, 0) is 14.3 Å². The number of rotatable bonds is 5. The van der Waals surface area contributed by atoms with Crippen molar-refractivity contribution in [3.63, 3.8) is 0 Å². The molecule has 14 heavy (non-hydrogen) atoms. The fourth-order valence-electron chi connectivity index (χ4n) is 1.52. The second-order valence-electron chi connectivity index (χ2n) is 3.41. The molecular formula is C9H17NO4. The molecule has 2 N–H and O–H groups in total. The van der Waals surface area contributed by atoms with Gasteiger partial charge in [-0.1, -0.05) is 0 Å². The summed E-state index contributed by atoms with van der Waals surface area (Å²) in [4.78, 5) is 10.7. The number of piperidine rings is 1. The molecule has 1 saturated heterocycles. The highest BCUT2D eigenvalue weighted by molar-refractivity contribution is 5.70. The third kappa shape index (κ3) is 3.61. The van der Waals surface area contributed by atoms with Crippen LogP contribution >= 0.6 is 0 Å². The number of carbonyl (C=O) groups is 1. The van der Waals surface area contributed by atoms with Crippen molar-refractivity contribution in [2.24, 2.45) is 5.92 Å². The maximum atomic E-state index is 10.7. The number of nitrogens with one attached hydrogen (secondary N) is 1. The monoisotopic (exact) mass is 203 g/mol. The summed E-state index contributed by atoms with van der Waals surface area (Å²) in [5, 5.41) is 11.9. The van der Waals surface area contributed by atoms with Gasteiger partial charge in [0.15, 0.2) is 0 Å². The van der Waals surface area contributed by atoms with Gasteiger partial charge in [-0.15, -0.1) is 0 Å². The van der Waals surface area contributed by atoms with E-state index in [1.807, 2.05) is 0 Å². The van der Waals surface area contributed by atoms with Gasteiger partial charge in [0.25, 0.3) is 0 Å². The number of aliphatic carboxylic acids is 1. The highest BCUT2D eigenvalue weighted by Gasteiger charge is 2.26. The van der Waals surface area contributed by atoms with Crippen LogP contribution in [0.1, 0.15) is 6.42 Å². The molecule has 1 aliphatic rings. The minimum atomic E-state index is -0.752. The van der Waals surface area contributed by atoms with Gasteiger partial charge in [0.05, 0.1) is 25.2 Å². The zero-order valence-corrected chi connectivity index (χ0v) is 8.36. The van der Waals surface area contributed by atoms with Crippen LogP contribution in [0, 0.1) is 5.92 Å². The molecule has 82 valence electrons. The Morgan fingerprint density at radius 3 is 2.93 bits per heavy atom. The smallest absolute Gasteiger partial charge is 0.307 e. The number of carboxylic acids is 1. The average Bonchev–Trinajstić information content (AvgIpc) is 2.19. The largest absolute Gasteiger partial charge is 0.481 e. The lowest BCUT2D eigenvalue weighted by Gasteiger charge is -2.27. The second-order valence-corrected chi connectivity index (χ2v) is 3.41. The van der Waals surface area contributed by atoms with E-state index < -0.39 is 5.97 Å². The maximum Gasteiger partial charge on any atom is 0.307 e. The minimum absolute atomic E-state index is 0.000000000000000444. The molecule has 0 aromatic heterocycles. The Kier molecular flexibility index (Phi) is 4.86. The Morgan fingerprint density at radius 1 is 1.50 bits per heavy atom. The molecule has 0 amide bonds. The van der Waals surface area contributed by atoms with Gasteiger partial charge >= 0.3 is 5.97 Å². The van der Waals surface area contributed by atoms with Crippen molar-refractivity contribution >= 4 is 5.97 Å². The Labute approximate surface area is 83.4 Å². The second kappa shape index (κ2) is 5.95. The van der Waals surface area contributed by atoms with Crippen molar-refractivity contribution in [1.29, 1.82) is 0 Å². The van der Waals surface area contributed by atoms with E-state index in [1.165, 1.54) is 0 Å². The molecule has 0 aromatic carbocycles. The molecule has 1 heterocycles. The van der Waals surface area contributed by atoms with Gasteiger partial charge in [0.2, 0.25) is 0 Å². The van der Waals surface area contributed by atoms with Crippen molar-refractivity contribution < 1.29 is 19.4 Å². The highest BCUT2D eigenvalue weighted by atomic mass is 16.5. The summed E-state index contributed by atoms with van der Waals surface area (Å²) in [7, 11) is 1.61. The molecule has 2 unspecified atom stereocenters.